The number of nitrogens with zero attached hydrogens (tertiary/aromatic N) is 2. The molecule has 2 N–H and O–H groups in total. The van der Waals surface area contributed by atoms with E-state index in [9.17, 15) is 8.42 Å². The number of ether oxygens (including phenoxy) is 1. The van der Waals surface area contributed by atoms with Crippen LogP contribution in [0.5, 0.6) is 5.88 Å². The van der Waals surface area contributed by atoms with Crippen LogP contribution >= 0.6 is 24.0 Å². The molecule has 0 radical (unpaired) electrons. The minimum atomic E-state index is -3.22. The molecule has 2 aromatic rings. The van der Waals surface area contributed by atoms with Gasteiger partial charge in [-0.3, -0.25) is 0 Å². The Morgan fingerprint density at radius 3 is 2.59 bits per heavy atom. The maximum atomic E-state index is 11.7. The standard InChI is InChI=1S/C20H28N4O3S.HI/c1-5-21-20(24-14-17-8-7-11-22-19(17)27-6-2)23-13-16-9-10-18(15(3)12-16)28(4,25)26;/h7-12H,5-6,13-14H2,1-4H3,(H2,21,23,24);1H. The summed E-state index contributed by atoms with van der Waals surface area (Å²) in [5, 5.41) is 6.49. The van der Waals surface area contributed by atoms with Crippen LogP contribution < -0.4 is 15.4 Å². The zero-order valence-electron chi connectivity index (χ0n) is 17.2. The largest absolute Gasteiger partial charge is 0.478 e. The van der Waals surface area contributed by atoms with E-state index >= 15 is 0 Å². The number of aromatic nitrogens is 1. The number of benzene rings is 1. The van der Waals surface area contributed by atoms with Gasteiger partial charge in [0.25, 0.3) is 0 Å². The summed E-state index contributed by atoms with van der Waals surface area (Å²) in [5.41, 5.74) is 2.62. The molecule has 0 saturated carbocycles. The van der Waals surface area contributed by atoms with Crippen molar-refractivity contribution in [2.24, 2.45) is 4.99 Å². The van der Waals surface area contributed by atoms with E-state index in [2.05, 4.69) is 20.6 Å². The van der Waals surface area contributed by atoms with Crippen LogP contribution in [0.25, 0.3) is 0 Å². The van der Waals surface area contributed by atoms with Crippen molar-refractivity contribution >= 4 is 39.8 Å². The number of rotatable bonds is 8. The van der Waals surface area contributed by atoms with Gasteiger partial charge in [0.1, 0.15) is 0 Å². The van der Waals surface area contributed by atoms with Crippen LogP contribution in [0.4, 0.5) is 0 Å². The molecule has 0 atom stereocenters. The van der Waals surface area contributed by atoms with Gasteiger partial charge in [0.15, 0.2) is 15.8 Å². The first kappa shape index (κ1) is 25.2. The predicted octanol–water partition coefficient (Wildman–Crippen LogP) is 3.07. The molecule has 1 aromatic heterocycles. The Kier molecular flexibility index (Phi) is 10.4. The van der Waals surface area contributed by atoms with E-state index in [0.29, 0.717) is 36.4 Å². The molecular formula is C20H29IN4O3S. The van der Waals surface area contributed by atoms with Crippen molar-refractivity contribution in [1.29, 1.82) is 0 Å². The maximum absolute atomic E-state index is 11.7. The van der Waals surface area contributed by atoms with Crippen molar-refractivity contribution in [2.75, 3.05) is 19.4 Å². The third-order valence-corrected chi connectivity index (χ3v) is 5.24. The molecule has 0 aliphatic rings. The smallest absolute Gasteiger partial charge is 0.218 e. The number of aliphatic imine (C=N–C) groups is 1. The summed E-state index contributed by atoms with van der Waals surface area (Å²) in [7, 11) is -3.22. The summed E-state index contributed by atoms with van der Waals surface area (Å²) in [6, 6.07) is 9.12. The van der Waals surface area contributed by atoms with E-state index in [1.165, 1.54) is 6.26 Å². The number of halogens is 1. The van der Waals surface area contributed by atoms with Crippen molar-refractivity contribution in [3.63, 3.8) is 0 Å². The van der Waals surface area contributed by atoms with E-state index in [4.69, 9.17) is 4.74 Å². The second-order valence-corrected chi connectivity index (χ2v) is 8.31. The molecule has 0 aliphatic carbocycles. The van der Waals surface area contributed by atoms with Crippen molar-refractivity contribution in [2.45, 2.75) is 38.8 Å². The number of aryl methyl sites for hydroxylation is 1. The van der Waals surface area contributed by atoms with Gasteiger partial charge in [-0.2, -0.15) is 0 Å². The van der Waals surface area contributed by atoms with Crippen molar-refractivity contribution in [1.82, 2.24) is 15.6 Å². The molecule has 29 heavy (non-hydrogen) atoms. The highest BCUT2D eigenvalue weighted by Crippen LogP contribution is 2.17. The van der Waals surface area contributed by atoms with E-state index < -0.39 is 9.84 Å². The first-order valence-electron chi connectivity index (χ1n) is 9.23. The van der Waals surface area contributed by atoms with E-state index in [-0.39, 0.29) is 24.0 Å². The van der Waals surface area contributed by atoms with Crippen LogP contribution in [0.3, 0.4) is 0 Å². The molecule has 0 spiro atoms. The highest BCUT2D eigenvalue weighted by atomic mass is 127. The Hall–Kier alpha value is -1.88. The summed E-state index contributed by atoms with van der Waals surface area (Å²) in [6.45, 7) is 7.97. The summed E-state index contributed by atoms with van der Waals surface area (Å²) in [4.78, 5) is 9.20. The maximum Gasteiger partial charge on any atom is 0.218 e. The number of nitrogens with one attached hydrogen (secondary N) is 2. The average molecular weight is 532 g/mol. The van der Waals surface area contributed by atoms with Crippen LogP contribution in [0.1, 0.15) is 30.5 Å². The van der Waals surface area contributed by atoms with Crippen molar-refractivity contribution < 1.29 is 13.2 Å². The minimum Gasteiger partial charge on any atom is -0.478 e. The molecule has 0 saturated heterocycles. The summed E-state index contributed by atoms with van der Waals surface area (Å²) < 4.78 is 29.0. The Labute approximate surface area is 190 Å². The molecule has 9 heteroatoms. The quantitative estimate of drug-likeness (QED) is 0.309. The Balaban J connectivity index is 0.00000420. The summed E-state index contributed by atoms with van der Waals surface area (Å²) >= 11 is 0. The first-order valence-corrected chi connectivity index (χ1v) is 11.1. The Morgan fingerprint density at radius 2 is 1.97 bits per heavy atom. The van der Waals surface area contributed by atoms with Gasteiger partial charge in [0.05, 0.1) is 18.0 Å². The molecule has 0 unspecified atom stereocenters. The van der Waals surface area contributed by atoms with Gasteiger partial charge in [-0.25, -0.2) is 18.4 Å². The number of guanidine groups is 1. The number of sulfone groups is 1. The molecule has 7 nitrogen and oxygen atoms in total. The lowest BCUT2D eigenvalue weighted by Gasteiger charge is -2.13. The highest BCUT2D eigenvalue weighted by molar-refractivity contribution is 14.0. The lowest BCUT2D eigenvalue weighted by Crippen LogP contribution is -2.36. The third kappa shape index (κ3) is 7.81. The van der Waals surface area contributed by atoms with E-state index in [0.717, 1.165) is 23.2 Å². The Bertz CT molecular complexity index is 933. The number of hydrogen-bond donors (Lipinski definition) is 2. The summed E-state index contributed by atoms with van der Waals surface area (Å²) in [6.07, 6.45) is 2.92. The van der Waals surface area contributed by atoms with Crippen LogP contribution in [0.2, 0.25) is 0 Å². The normalized spacial score (nSPS) is 11.5. The topological polar surface area (TPSA) is 92.7 Å². The van der Waals surface area contributed by atoms with Crippen LogP contribution in [0.15, 0.2) is 46.4 Å². The Morgan fingerprint density at radius 1 is 1.21 bits per heavy atom. The lowest BCUT2D eigenvalue weighted by atomic mass is 10.1. The second kappa shape index (κ2) is 12.0. The van der Waals surface area contributed by atoms with Crippen LogP contribution in [0, 0.1) is 6.92 Å². The van der Waals surface area contributed by atoms with Crippen molar-refractivity contribution in [3.8, 4) is 5.88 Å². The van der Waals surface area contributed by atoms with Crippen molar-refractivity contribution in [3.05, 3.63) is 53.2 Å². The molecular weight excluding hydrogens is 503 g/mol. The molecule has 0 fully saturated rings. The zero-order chi connectivity index (χ0) is 20.6. The van der Waals surface area contributed by atoms with Gasteiger partial charge in [0, 0.05) is 31.1 Å². The number of pyridine rings is 1. The van der Waals surface area contributed by atoms with Gasteiger partial charge in [-0.05, 0) is 44.0 Å². The van der Waals surface area contributed by atoms with Gasteiger partial charge >= 0.3 is 0 Å². The number of hydrogen-bond acceptors (Lipinski definition) is 5. The average Bonchev–Trinajstić information content (AvgIpc) is 2.64. The molecule has 0 aliphatic heterocycles. The van der Waals surface area contributed by atoms with Crippen LogP contribution in [-0.2, 0) is 22.9 Å². The fourth-order valence-corrected chi connectivity index (χ4v) is 3.70. The van der Waals surface area contributed by atoms with Crippen LogP contribution in [-0.4, -0.2) is 38.8 Å². The fourth-order valence-electron chi connectivity index (χ4n) is 2.74. The third-order valence-electron chi connectivity index (χ3n) is 3.98. The zero-order valence-corrected chi connectivity index (χ0v) is 20.4. The molecule has 0 bridgehead atoms. The molecule has 0 amide bonds. The SMILES string of the molecule is CCNC(=NCc1ccc(S(C)(=O)=O)c(C)c1)NCc1cccnc1OCC.I. The van der Waals surface area contributed by atoms with Gasteiger partial charge in [0.2, 0.25) is 5.88 Å². The van der Waals surface area contributed by atoms with Gasteiger partial charge in [-0.1, -0.05) is 18.2 Å². The van der Waals surface area contributed by atoms with E-state index in [1.54, 1.807) is 25.3 Å². The van der Waals surface area contributed by atoms with Gasteiger partial charge < -0.3 is 15.4 Å². The lowest BCUT2D eigenvalue weighted by molar-refractivity contribution is 0.322. The molecule has 1 heterocycles. The van der Waals surface area contributed by atoms with E-state index in [1.807, 2.05) is 32.0 Å². The summed E-state index contributed by atoms with van der Waals surface area (Å²) in [5.74, 6) is 1.28. The fraction of sp³-hybridized carbons (Fsp3) is 0.400. The monoisotopic (exact) mass is 532 g/mol. The molecule has 1 aromatic carbocycles. The molecule has 2 rings (SSSR count). The minimum absolute atomic E-state index is 0. The predicted molar refractivity (Wildman–Crippen MR) is 127 cm³/mol. The second-order valence-electron chi connectivity index (χ2n) is 6.32. The highest BCUT2D eigenvalue weighted by Gasteiger charge is 2.11. The first-order chi connectivity index (χ1) is 13.3. The molecule has 160 valence electrons. The van der Waals surface area contributed by atoms with Gasteiger partial charge in [-0.15, -0.1) is 24.0 Å².